The summed E-state index contributed by atoms with van der Waals surface area (Å²) in [7, 11) is 0. The average molecular weight is 260 g/mol. The van der Waals surface area contributed by atoms with Crippen molar-refractivity contribution in [2.75, 3.05) is 0 Å². The van der Waals surface area contributed by atoms with Crippen molar-refractivity contribution in [3.63, 3.8) is 0 Å². The molecule has 3 rings (SSSR count). The largest absolute Gasteiger partial charge is 0.478 e. The van der Waals surface area contributed by atoms with Gasteiger partial charge in [0.05, 0.1) is 11.2 Å². The molecule has 0 saturated heterocycles. The monoisotopic (exact) mass is 260 g/mol. The van der Waals surface area contributed by atoms with E-state index in [1.807, 2.05) is 6.92 Å². The third-order valence-electron chi connectivity index (χ3n) is 2.48. The number of para-hydroxylation sites is 1. The molecule has 1 N–H and O–H groups in total. The first-order valence-electron chi connectivity index (χ1n) is 5.21. The Morgan fingerprint density at radius 1 is 1.44 bits per heavy atom. The Bertz CT molecular complexity index is 745. The molecule has 90 valence electrons. The Morgan fingerprint density at radius 3 is 2.94 bits per heavy atom. The molecule has 1 aromatic carbocycles. The van der Waals surface area contributed by atoms with E-state index in [1.54, 1.807) is 18.3 Å². The summed E-state index contributed by atoms with van der Waals surface area (Å²) in [6, 6.07) is 4.87. The van der Waals surface area contributed by atoms with Crippen LogP contribution in [0.2, 0.25) is 0 Å². The molecule has 0 spiro atoms. The highest BCUT2D eigenvalue weighted by molar-refractivity contribution is 7.14. The minimum Gasteiger partial charge on any atom is -0.478 e. The number of aryl methyl sites for hydroxylation is 1. The van der Waals surface area contributed by atoms with Crippen LogP contribution in [0.5, 0.6) is 0 Å². The lowest BCUT2D eigenvalue weighted by atomic mass is 10.2. The number of aromatic carboxylic acids is 1. The third kappa shape index (κ3) is 1.67. The van der Waals surface area contributed by atoms with Gasteiger partial charge in [-0.05, 0) is 19.1 Å². The number of rotatable bonds is 2. The maximum absolute atomic E-state index is 11.1. The lowest BCUT2D eigenvalue weighted by Gasteiger charge is -1.92. The molecule has 18 heavy (non-hydrogen) atoms. The number of hydrogen-bond donors (Lipinski definition) is 1. The minimum atomic E-state index is -1.02. The van der Waals surface area contributed by atoms with E-state index in [-0.39, 0.29) is 5.56 Å². The SMILES string of the molecule is Cc1ncc(-c2nc3cccc(C(=O)O)c3o2)s1. The number of carboxylic acid groups (broad SMARTS) is 1. The number of hydrogen-bond acceptors (Lipinski definition) is 5. The van der Waals surface area contributed by atoms with Gasteiger partial charge >= 0.3 is 5.97 Å². The van der Waals surface area contributed by atoms with Crippen molar-refractivity contribution in [3.8, 4) is 10.8 Å². The molecule has 0 atom stereocenters. The van der Waals surface area contributed by atoms with Crippen molar-refractivity contribution in [3.05, 3.63) is 35.0 Å². The normalized spacial score (nSPS) is 10.9. The Kier molecular flexibility index (Phi) is 2.38. The summed E-state index contributed by atoms with van der Waals surface area (Å²) >= 11 is 1.46. The Hall–Kier alpha value is -2.21. The molecule has 0 aliphatic carbocycles. The molecular formula is C12H8N2O3S. The van der Waals surface area contributed by atoms with Gasteiger partial charge in [-0.1, -0.05) is 6.07 Å². The molecule has 3 aromatic rings. The fourth-order valence-electron chi connectivity index (χ4n) is 1.68. The Morgan fingerprint density at radius 2 is 2.28 bits per heavy atom. The van der Waals surface area contributed by atoms with Crippen LogP contribution in [-0.2, 0) is 0 Å². The fraction of sp³-hybridized carbons (Fsp3) is 0.0833. The van der Waals surface area contributed by atoms with Crippen molar-refractivity contribution < 1.29 is 14.3 Å². The van der Waals surface area contributed by atoms with Crippen molar-refractivity contribution in [1.82, 2.24) is 9.97 Å². The maximum atomic E-state index is 11.1. The van der Waals surface area contributed by atoms with Gasteiger partial charge in [-0.25, -0.2) is 14.8 Å². The van der Waals surface area contributed by atoms with Crippen LogP contribution in [0.4, 0.5) is 0 Å². The fourth-order valence-corrected chi connectivity index (χ4v) is 2.39. The molecular weight excluding hydrogens is 252 g/mol. The zero-order chi connectivity index (χ0) is 12.7. The summed E-state index contributed by atoms with van der Waals surface area (Å²) < 4.78 is 5.54. The van der Waals surface area contributed by atoms with Gasteiger partial charge in [0.15, 0.2) is 5.58 Å². The van der Waals surface area contributed by atoms with Crippen LogP contribution >= 0.6 is 11.3 Å². The van der Waals surface area contributed by atoms with E-state index in [9.17, 15) is 4.79 Å². The number of nitrogens with zero attached hydrogens (tertiary/aromatic N) is 2. The quantitative estimate of drug-likeness (QED) is 0.766. The predicted molar refractivity (Wildman–Crippen MR) is 66.8 cm³/mol. The second-order valence-electron chi connectivity index (χ2n) is 3.72. The lowest BCUT2D eigenvalue weighted by Crippen LogP contribution is -1.95. The molecule has 0 aliphatic rings. The van der Waals surface area contributed by atoms with Gasteiger partial charge in [-0.2, -0.15) is 0 Å². The van der Waals surface area contributed by atoms with Crippen LogP contribution in [0.25, 0.3) is 21.9 Å². The van der Waals surface area contributed by atoms with Crippen LogP contribution < -0.4 is 0 Å². The highest BCUT2D eigenvalue weighted by Crippen LogP contribution is 2.29. The van der Waals surface area contributed by atoms with Gasteiger partial charge < -0.3 is 9.52 Å². The highest BCUT2D eigenvalue weighted by atomic mass is 32.1. The molecule has 2 heterocycles. The molecule has 0 amide bonds. The van der Waals surface area contributed by atoms with Gasteiger partial charge in [0.1, 0.15) is 16.0 Å². The minimum absolute atomic E-state index is 0.118. The van der Waals surface area contributed by atoms with E-state index >= 15 is 0 Å². The van der Waals surface area contributed by atoms with E-state index in [1.165, 1.54) is 17.4 Å². The van der Waals surface area contributed by atoms with Crippen LogP contribution in [0.3, 0.4) is 0 Å². The number of oxazole rings is 1. The molecule has 0 aliphatic heterocycles. The number of fused-ring (bicyclic) bond motifs is 1. The van der Waals surface area contributed by atoms with Crippen molar-refractivity contribution >= 4 is 28.4 Å². The van der Waals surface area contributed by atoms with E-state index in [2.05, 4.69) is 9.97 Å². The van der Waals surface area contributed by atoms with Crippen molar-refractivity contribution in [2.45, 2.75) is 6.92 Å². The first-order valence-corrected chi connectivity index (χ1v) is 6.02. The molecule has 2 aromatic heterocycles. The molecule has 0 radical (unpaired) electrons. The number of aromatic nitrogens is 2. The highest BCUT2D eigenvalue weighted by Gasteiger charge is 2.16. The van der Waals surface area contributed by atoms with Crippen LogP contribution in [-0.4, -0.2) is 21.0 Å². The maximum Gasteiger partial charge on any atom is 0.339 e. The Labute approximate surface area is 106 Å². The van der Waals surface area contributed by atoms with E-state index in [4.69, 9.17) is 9.52 Å². The van der Waals surface area contributed by atoms with E-state index in [0.29, 0.717) is 17.0 Å². The number of carboxylic acids is 1. The van der Waals surface area contributed by atoms with E-state index < -0.39 is 5.97 Å². The summed E-state index contributed by atoms with van der Waals surface area (Å²) in [5.74, 6) is -0.618. The zero-order valence-corrected chi connectivity index (χ0v) is 10.2. The molecule has 6 heteroatoms. The van der Waals surface area contributed by atoms with Gasteiger partial charge in [-0.15, -0.1) is 11.3 Å². The van der Waals surface area contributed by atoms with Crippen molar-refractivity contribution in [1.29, 1.82) is 0 Å². The molecule has 5 nitrogen and oxygen atoms in total. The molecule has 0 unspecified atom stereocenters. The number of carbonyl (C=O) groups is 1. The first kappa shape index (κ1) is 10.9. The molecule has 0 fully saturated rings. The van der Waals surface area contributed by atoms with Gasteiger partial charge in [0.25, 0.3) is 0 Å². The zero-order valence-electron chi connectivity index (χ0n) is 9.38. The second kappa shape index (κ2) is 3.92. The summed E-state index contributed by atoms with van der Waals surface area (Å²) in [4.78, 5) is 20.3. The van der Waals surface area contributed by atoms with Crippen LogP contribution in [0.1, 0.15) is 15.4 Å². The summed E-state index contributed by atoms with van der Waals surface area (Å²) in [5.41, 5.74) is 0.953. The number of thiazole rings is 1. The second-order valence-corrected chi connectivity index (χ2v) is 4.96. The topological polar surface area (TPSA) is 76.2 Å². The Balaban J connectivity index is 2.22. The summed E-state index contributed by atoms with van der Waals surface area (Å²) in [5, 5.41) is 9.98. The predicted octanol–water partition coefficient (Wildman–Crippen LogP) is 2.96. The molecule has 0 bridgehead atoms. The van der Waals surface area contributed by atoms with Gasteiger partial charge in [-0.3, -0.25) is 0 Å². The number of benzene rings is 1. The lowest BCUT2D eigenvalue weighted by molar-refractivity contribution is 0.0698. The molecule has 0 saturated carbocycles. The standard InChI is InChI=1S/C12H8N2O3S/c1-6-13-5-9(18-6)11-14-8-4-2-3-7(12(15)16)10(8)17-11/h2-5H,1H3,(H,15,16). The smallest absolute Gasteiger partial charge is 0.339 e. The van der Waals surface area contributed by atoms with E-state index in [0.717, 1.165) is 9.88 Å². The van der Waals surface area contributed by atoms with Crippen molar-refractivity contribution in [2.24, 2.45) is 0 Å². The van der Waals surface area contributed by atoms with Crippen LogP contribution in [0, 0.1) is 6.92 Å². The van der Waals surface area contributed by atoms with Gasteiger partial charge in [0.2, 0.25) is 5.89 Å². The van der Waals surface area contributed by atoms with Crippen LogP contribution in [0.15, 0.2) is 28.8 Å². The van der Waals surface area contributed by atoms with Gasteiger partial charge in [0, 0.05) is 0 Å². The third-order valence-corrected chi connectivity index (χ3v) is 3.38. The first-order chi connectivity index (χ1) is 8.65. The average Bonchev–Trinajstić information content (AvgIpc) is 2.93. The summed E-state index contributed by atoms with van der Waals surface area (Å²) in [6.07, 6.45) is 1.67. The summed E-state index contributed by atoms with van der Waals surface area (Å²) in [6.45, 7) is 1.89.